The third-order valence-electron chi connectivity index (χ3n) is 5.17. The van der Waals surface area contributed by atoms with Gasteiger partial charge < -0.3 is 5.32 Å². The minimum atomic E-state index is -3.81. The van der Waals surface area contributed by atoms with Gasteiger partial charge in [-0.05, 0) is 73.5 Å². The molecule has 0 aliphatic heterocycles. The summed E-state index contributed by atoms with van der Waals surface area (Å²) in [6.07, 6.45) is 1.05. The van der Waals surface area contributed by atoms with Gasteiger partial charge in [0.15, 0.2) is 0 Å². The highest BCUT2D eigenvalue weighted by Crippen LogP contribution is 2.24. The molecule has 0 unspecified atom stereocenters. The van der Waals surface area contributed by atoms with E-state index in [9.17, 15) is 21.6 Å². The predicted octanol–water partition coefficient (Wildman–Crippen LogP) is 3.75. The zero-order chi connectivity index (χ0) is 24.4. The van der Waals surface area contributed by atoms with Crippen molar-refractivity contribution in [1.29, 1.82) is 0 Å². The van der Waals surface area contributed by atoms with Crippen LogP contribution in [0.2, 0.25) is 0 Å². The number of nitrogens with one attached hydrogen (secondary N) is 2. The summed E-state index contributed by atoms with van der Waals surface area (Å²) in [6.45, 7) is 3.84. The Bertz CT molecular complexity index is 1400. The van der Waals surface area contributed by atoms with Gasteiger partial charge in [-0.1, -0.05) is 18.2 Å². The molecule has 1 amide bonds. The number of hydrogen-bond donors (Lipinski definition) is 2. The Balaban J connectivity index is 1.79. The van der Waals surface area contributed by atoms with E-state index in [4.69, 9.17) is 0 Å². The first-order chi connectivity index (χ1) is 15.4. The van der Waals surface area contributed by atoms with E-state index in [0.29, 0.717) is 11.4 Å². The molecule has 0 radical (unpaired) electrons. The standard InChI is InChI=1S/C23H25N3O5S2/c1-16-9-10-19(15-17(16)2)25-33(30,31)20-13-11-18(12-14-20)24-23(27)21-7-5-6-8-22(21)26(3)32(4,28)29/h5-15,25H,1-4H3,(H,24,27). The third-order valence-corrected chi connectivity index (χ3v) is 7.76. The molecule has 0 bridgehead atoms. The van der Waals surface area contributed by atoms with E-state index in [-0.39, 0.29) is 16.1 Å². The molecule has 8 nitrogen and oxygen atoms in total. The molecule has 3 aromatic carbocycles. The van der Waals surface area contributed by atoms with Gasteiger partial charge in [-0.3, -0.25) is 13.8 Å². The van der Waals surface area contributed by atoms with Crippen molar-refractivity contribution in [1.82, 2.24) is 0 Å². The van der Waals surface area contributed by atoms with Crippen LogP contribution in [-0.4, -0.2) is 36.0 Å². The lowest BCUT2D eigenvalue weighted by Gasteiger charge is -2.19. The molecule has 174 valence electrons. The van der Waals surface area contributed by atoms with Gasteiger partial charge in [0.2, 0.25) is 10.0 Å². The minimum Gasteiger partial charge on any atom is -0.322 e. The number of aryl methyl sites for hydroxylation is 2. The van der Waals surface area contributed by atoms with Gasteiger partial charge in [-0.25, -0.2) is 16.8 Å². The molecule has 0 aliphatic carbocycles. The number of anilines is 3. The highest BCUT2D eigenvalue weighted by atomic mass is 32.2. The van der Waals surface area contributed by atoms with Crippen LogP contribution in [0.3, 0.4) is 0 Å². The average Bonchev–Trinajstić information content (AvgIpc) is 2.75. The summed E-state index contributed by atoms with van der Waals surface area (Å²) in [4.78, 5) is 12.8. The molecule has 0 aromatic heterocycles. The van der Waals surface area contributed by atoms with Crippen molar-refractivity contribution in [3.8, 4) is 0 Å². The second kappa shape index (κ2) is 9.24. The van der Waals surface area contributed by atoms with Crippen LogP contribution < -0.4 is 14.3 Å². The third kappa shape index (κ3) is 5.71. The number of sulfonamides is 2. The molecule has 0 spiro atoms. The Hall–Kier alpha value is -3.37. The second-order valence-corrected chi connectivity index (χ2v) is 11.3. The SMILES string of the molecule is Cc1ccc(NS(=O)(=O)c2ccc(NC(=O)c3ccccc3N(C)S(C)(=O)=O)cc2)cc1C. The zero-order valence-electron chi connectivity index (χ0n) is 18.7. The van der Waals surface area contributed by atoms with Gasteiger partial charge in [-0.2, -0.15) is 0 Å². The van der Waals surface area contributed by atoms with Crippen LogP contribution in [0.5, 0.6) is 0 Å². The van der Waals surface area contributed by atoms with Gasteiger partial charge in [0.1, 0.15) is 0 Å². The molecule has 33 heavy (non-hydrogen) atoms. The summed E-state index contributed by atoms with van der Waals surface area (Å²) in [5.74, 6) is -0.523. The van der Waals surface area contributed by atoms with Crippen molar-refractivity contribution in [2.75, 3.05) is 27.6 Å². The van der Waals surface area contributed by atoms with Crippen LogP contribution in [-0.2, 0) is 20.0 Å². The molecule has 0 aliphatic rings. The normalized spacial score (nSPS) is 11.6. The first-order valence-corrected chi connectivity index (χ1v) is 13.3. The Labute approximate surface area is 194 Å². The number of nitrogens with zero attached hydrogens (tertiary/aromatic N) is 1. The lowest BCUT2D eigenvalue weighted by atomic mass is 10.1. The van der Waals surface area contributed by atoms with Gasteiger partial charge >= 0.3 is 0 Å². The quantitative estimate of drug-likeness (QED) is 0.527. The summed E-state index contributed by atoms with van der Waals surface area (Å²) in [6, 6.07) is 17.3. The van der Waals surface area contributed by atoms with Crippen LogP contribution in [0.4, 0.5) is 17.1 Å². The Morgan fingerprint density at radius 2 is 1.42 bits per heavy atom. The van der Waals surface area contributed by atoms with Crippen LogP contribution in [0, 0.1) is 13.8 Å². The van der Waals surface area contributed by atoms with E-state index in [0.717, 1.165) is 21.7 Å². The summed E-state index contributed by atoms with van der Waals surface area (Å²) < 4.78 is 52.8. The number of benzene rings is 3. The van der Waals surface area contributed by atoms with Gasteiger partial charge in [0.25, 0.3) is 15.9 Å². The maximum Gasteiger partial charge on any atom is 0.261 e. The highest BCUT2D eigenvalue weighted by molar-refractivity contribution is 7.92. The van der Waals surface area contributed by atoms with Crippen molar-refractivity contribution in [3.05, 3.63) is 83.4 Å². The van der Waals surface area contributed by atoms with E-state index in [2.05, 4.69) is 10.0 Å². The second-order valence-electron chi connectivity index (χ2n) is 7.63. The maximum absolute atomic E-state index is 12.8. The molecule has 3 aromatic rings. The van der Waals surface area contributed by atoms with Crippen LogP contribution in [0.25, 0.3) is 0 Å². The van der Waals surface area contributed by atoms with Crippen molar-refractivity contribution in [3.63, 3.8) is 0 Å². The smallest absolute Gasteiger partial charge is 0.261 e. The number of amides is 1. The van der Waals surface area contributed by atoms with Crippen molar-refractivity contribution < 1.29 is 21.6 Å². The number of carbonyl (C=O) groups excluding carboxylic acids is 1. The average molecular weight is 488 g/mol. The minimum absolute atomic E-state index is 0.0379. The highest BCUT2D eigenvalue weighted by Gasteiger charge is 2.20. The molecule has 10 heteroatoms. The molecule has 0 fully saturated rings. The van der Waals surface area contributed by atoms with Crippen LogP contribution in [0.1, 0.15) is 21.5 Å². The summed E-state index contributed by atoms with van der Waals surface area (Å²) in [5.41, 5.74) is 3.24. The summed E-state index contributed by atoms with van der Waals surface area (Å²) in [7, 11) is -6.00. The topological polar surface area (TPSA) is 113 Å². The summed E-state index contributed by atoms with van der Waals surface area (Å²) in [5, 5.41) is 2.67. The number of carbonyl (C=O) groups is 1. The van der Waals surface area contributed by atoms with Crippen molar-refractivity contribution in [2.24, 2.45) is 0 Å². The van der Waals surface area contributed by atoms with Crippen LogP contribution in [0.15, 0.2) is 71.6 Å². The fourth-order valence-corrected chi connectivity index (χ4v) is 4.62. The molecule has 0 saturated heterocycles. The fraction of sp³-hybridized carbons (Fsp3) is 0.174. The zero-order valence-corrected chi connectivity index (χ0v) is 20.3. The summed E-state index contributed by atoms with van der Waals surface area (Å²) >= 11 is 0. The van der Waals surface area contributed by atoms with Gasteiger partial charge in [0.05, 0.1) is 22.4 Å². The van der Waals surface area contributed by atoms with E-state index < -0.39 is 26.0 Å². The molecule has 0 atom stereocenters. The number of rotatable bonds is 7. The molecule has 0 saturated carbocycles. The van der Waals surface area contributed by atoms with Gasteiger partial charge in [0, 0.05) is 18.4 Å². The van der Waals surface area contributed by atoms with Crippen LogP contribution >= 0.6 is 0 Å². The van der Waals surface area contributed by atoms with E-state index >= 15 is 0 Å². The molecule has 2 N–H and O–H groups in total. The van der Waals surface area contributed by atoms with Gasteiger partial charge in [-0.15, -0.1) is 0 Å². The fourth-order valence-electron chi connectivity index (χ4n) is 3.05. The van der Waals surface area contributed by atoms with E-state index in [1.54, 1.807) is 24.3 Å². The predicted molar refractivity (Wildman–Crippen MR) is 131 cm³/mol. The van der Waals surface area contributed by atoms with Crippen molar-refractivity contribution in [2.45, 2.75) is 18.7 Å². The number of para-hydroxylation sites is 1. The molecular weight excluding hydrogens is 462 g/mol. The Kier molecular flexibility index (Phi) is 6.80. The molecule has 3 rings (SSSR count). The van der Waals surface area contributed by atoms with Crippen molar-refractivity contribution >= 4 is 43.0 Å². The van der Waals surface area contributed by atoms with E-state index in [1.807, 2.05) is 19.9 Å². The first kappa shape index (κ1) is 24.3. The number of hydrogen-bond acceptors (Lipinski definition) is 5. The maximum atomic E-state index is 12.8. The largest absolute Gasteiger partial charge is 0.322 e. The Morgan fingerprint density at radius 3 is 2.03 bits per heavy atom. The Morgan fingerprint density at radius 1 is 0.818 bits per heavy atom. The molecular formula is C23H25N3O5S2. The lowest BCUT2D eigenvalue weighted by molar-refractivity contribution is 0.102. The lowest BCUT2D eigenvalue weighted by Crippen LogP contribution is -2.27. The van der Waals surface area contributed by atoms with E-state index in [1.165, 1.54) is 43.4 Å². The molecule has 0 heterocycles. The monoisotopic (exact) mass is 487 g/mol. The first-order valence-electron chi connectivity index (χ1n) is 9.93.